The summed E-state index contributed by atoms with van der Waals surface area (Å²) in [7, 11) is 1.18. The number of nitrogens with one attached hydrogen (secondary N) is 1. The van der Waals surface area contributed by atoms with Crippen LogP contribution in [0.15, 0.2) is 60.7 Å². The maximum atomic E-state index is 12.4. The minimum Gasteiger partial charge on any atom is -0.479 e. The Bertz CT molecular complexity index is 705. The highest BCUT2D eigenvalue weighted by Gasteiger charge is 2.56. The molecule has 0 unspecified atom stereocenters. The third-order valence-corrected chi connectivity index (χ3v) is 3.73. The highest BCUT2D eigenvalue weighted by Crippen LogP contribution is 2.14. The zero-order valence-corrected chi connectivity index (χ0v) is 14.2. The third-order valence-electron chi connectivity index (χ3n) is 3.73. The van der Waals surface area contributed by atoms with Crippen molar-refractivity contribution in [1.82, 2.24) is 5.32 Å². The fourth-order valence-corrected chi connectivity index (χ4v) is 2.23. The van der Waals surface area contributed by atoms with Crippen molar-refractivity contribution in [2.75, 3.05) is 7.05 Å². The Morgan fingerprint density at radius 1 is 0.846 bits per heavy atom. The molecular weight excluding hydrogens is 338 g/mol. The molecule has 2 aromatic rings. The van der Waals surface area contributed by atoms with Gasteiger partial charge in [-0.15, -0.1) is 0 Å². The van der Waals surface area contributed by atoms with Crippen LogP contribution in [0.3, 0.4) is 0 Å². The molecule has 0 heterocycles. The van der Waals surface area contributed by atoms with Crippen molar-refractivity contribution < 1.29 is 29.0 Å². The molecule has 136 valence electrons. The standard InChI is InChI=1S/C19H19NO6/c1-20-19(16(21)22,17(23)25-12-14-8-4-2-5-9-14)18(24)26-13-15-10-6-3-7-11-15/h2-11,20H,12-13H2,1H3,(H,21,22). The number of rotatable bonds is 8. The van der Waals surface area contributed by atoms with Crippen LogP contribution in [0.25, 0.3) is 0 Å². The van der Waals surface area contributed by atoms with Crippen molar-refractivity contribution in [1.29, 1.82) is 0 Å². The number of benzene rings is 2. The van der Waals surface area contributed by atoms with Crippen molar-refractivity contribution in [2.45, 2.75) is 18.8 Å². The molecule has 0 saturated carbocycles. The maximum Gasteiger partial charge on any atom is 0.350 e. The molecule has 26 heavy (non-hydrogen) atoms. The number of hydrogen-bond donors (Lipinski definition) is 2. The Morgan fingerprint density at radius 3 is 1.54 bits per heavy atom. The zero-order valence-electron chi connectivity index (χ0n) is 14.2. The van der Waals surface area contributed by atoms with E-state index in [9.17, 15) is 19.5 Å². The Balaban J connectivity index is 2.11. The fraction of sp³-hybridized carbons (Fsp3) is 0.211. The van der Waals surface area contributed by atoms with Crippen LogP contribution in [0.4, 0.5) is 0 Å². The number of ether oxygens (including phenoxy) is 2. The number of aliphatic carboxylic acids is 1. The molecule has 0 aliphatic carbocycles. The van der Waals surface area contributed by atoms with Crippen molar-refractivity contribution in [2.24, 2.45) is 0 Å². The van der Waals surface area contributed by atoms with E-state index < -0.39 is 23.4 Å². The summed E-state index contributed by atoms with van der Waals surface area (Å²) < 4.78 is 10.1. The summed E-state index contributed by atoms with van der Waals surface area (Å²) >= 11 is 0. The molecule has 0 saturated heterocycles. The molecule has 0 aliphatic rings. The van der Waals surface area contributed by atoms with Gasteiger partial charge in [0.1, 0.15) is 13.2 Å². The first-order valence-electron chi connectivity index (χ1n) is 7.85. The first kappa shape index (κ1) is 19.1. The molecule has 7 nitrogen and oxygen atoms in total. The van der Waals surface area contributed by atoms with E-state index in [1.165, 1.54) is 7.05 Å². The first-order valence-corrected chi connectivity index (χ1v) is 7.85. The Morgan fingerprint density at radius 2 is 1.23 bits per heavy atom. The second-order valence-electron chi connectivity index (χ2n) is 5.43. The van der Waals surface area contributed by atoms with E-state index in [2.05, 4.69) is 5.32 Å². The molecule has 0 radical (unpaired) electrons. The molecular formula is C19H19NO6. The largest absolute Gasteiger partial charge is 0.479 e. The normalized spacial score (nSPS) is 10.8. The van der Waals surface area contributed by atoms with E-state index in [1.807, 2.05) is 0 Å². The second kappa shape index (κ2) is 8.77. The van der Waals surface area contributed by atoms with Crippen molar-refractivity contribution in [3.63, 3.8) is 0 Å². The first-order chi connectivity index (χ1) is 12.5. The van der Waals surface area contributed by atoms with Crippen LogP contribution in [-0.4, -0.2) is 35.6 Å². The number of hydrogen-bond acceptors (Lipinski definition) is 6. The van der Waals surface area contributed by atoms with Crippen molar-refractivity contribution in [3.8, 4) is 0 Å². The van der Waals surface area contributed by atoms with E-state index in [0.29, 0.717) is 11.1 Å². The van der Waals surface area contributed by atoms with Gasteiger partial charge in [0.05, 0.1) is 0 Å². The number of carbonyl (C=O) groups excluding carboxylic acids is 2. The fourth-order valence-electron chi connectivity index (χ4n) is 2.23. The lowest BCUT2D eigenvalue weighted by atomic mass is 10.0. The van der Waals surface area contributed by atoms with Crippen LogP contribution in [0, 0.1) is 0 Å². The van der Waals surface area contributed by atoms with E-state index in [1.54, 1.807) is 60.7 Å². The monoisotopic (exact) mass is 357 g/mol. The van der Waals surface area contributed by atoms with Gasteiger partial charge >= 0.3 is 23.4 Å². The molecule has 0 amide bonds. The lowest BCUT2D eigenvalue weighted by Crippen LogP contribution is -2.63. The summed E-state index contributed by atoms with van der Waals surface area (Å²) in [6.45, 7) is -0.329. The van der Waals surface area contributed by atoms with Crippen molar-refractivity contribution in [3.05, 3.63) is 71.8 Å². The molecule has 2 aromatic carbocycles. The summed E-state index contributed by atoms with van der Waals surface area (Å²) in [5.74, 6) is -4.18. The molecule has 0 aliphatic heterocycles. The van der Waals surface area contributed by atoms with Gasteiger partial charge in [-0.1, -0.05) is 60.7 Å². The van der Waals surface area contributed by atoms with Crippen molar-refractivity contribution >= 4 is 17.9 Å². The predicted molar refractivity (Wildman–Crippen MR) is 91.9 cm³/mol. The SMILES string of the molecule is CNC(C(=O)O)(C(=O)OCc1ccccc1)C(=O)OCc1ccccc1. The molecule has 0 aromatic heterocycles. The van der Waals surface area contributed by atoms with Crippen LogP contribution in [-0.2, 0) is 37.1 Å². The average Bonchev–Trinajstić information content (AvgIpc) is 2.67. The molecule has 0 atom stereocenters. The van der Waals surface area contributed by atoms with Crippen LogP contribution in [0.1, 0.15) is 11.1 Å². The highest BCUT2D eigenvalue weighted by molar-refractivity contribution is 6.22. The minimum atomic E-state index is -2.64. The van der Waals surface area contributed by atoms with E-state index in [0.717, 1.165) is 0 Å². The number of likely N-dealkylation sites (N-methyl/N-ethyl adjacent to an activating group) is 1. The van der Waals surface area contributed by atoms with Gasteiger partial charge in [0.15, 0.2) is 0 Å². The molecule has 2 rings (SSSR count). The number of esters is 2. The molecule has 2 N–H and O–H groups in total. The number of carboxylic acids is 1. The highest BCUT2D eigenvalue weighted by atomic mass is 16.6. The van der Waals surface area contributed by atoms with Crippen LogP contribution < -0.4 is 5.32 Å². The lowest BCUT2D eigenvalue weighted by Gasteiger charge is -2.24. The molecule has 7 heteroatoms. The van der Waals surface area contributed by atoms with E-state index in [-0.39, 0.29) is 13.2 Å². The van der Waals surface area contributed by atoms with Crippen LogP contribution in [0.2, 0.25) is 0 Å². The van der Waals surface area contributed by atoms with Gasteiger partial charge in [-0.25, -0.2) is 14.4 Å². The Kier molecular flexibility index (Phi) is 6.46. The average molecular weight is 357 g/mol. The van der Waals surface area contributed by atoms with Gasteiger partial charge in [-0.3, -0.25) is 5.32 Å². The number of carboxylic acid groups (broad SMARTS) is 1. The molecule has 0 fully saturated rings. The summed E-state index contributed by atoms with van der Waals surface area (Å²) in [5.41, 5.74) is -1.31. The van der Waals surface area contributed by atoms with Gasteiger partial charge in [-0.2, -0.15) is 0 Å². The lowest BCUT2D eigenvalue weighted by molar-refractivity contribution is -0.176. The quantitative estimate of drug-likeness (QED) is 0.545. The molecule has 0 spiro atoms. The predicted octanol–water partition coefficient (Wildman–Crippen LogP) is 1.52. The Hall–Kier alpha value is -3.19. The van der Waals surface area contributed by atoms with Gasteiger partial charge in [0.25, 0.3) is 0 Å². The number of carbonyl (C=O) groups is 3. The molecule has 0 bridgehead atoms. The topological polar surface area (TPSA) is 102 Å². The van der Waals surface area contributed by atoms with E-state index in [4.69, 9.17) is 9.47 Å². The summed E-state index contributed by atoms with van der Waals surface area (Å²) in [6.07, 6.45) is 0. The van der Waals surface area contributed by atoms with Gasteiger partial charge in [0.2, 0.25) is 0 Å². The van der Waals surface area contributed by atoms with Crippen LogP contribution >= 0.6 is 0 Å². The smallest absolute Gasteiger partial charge is 0.350 e. The third kappa shape index (κ3) is 4.25. The van der Waals surface area contributed by atoms with Gasteiger partial charge in [0, 0.05) is 0 Å². The minimum absolute atomic E-state index is 0.164. The van der Waals surface area contributed by atoms with Gasteiger partial charge < -0.3 is 14.6 Å². The summed E-state index contributed by atoms with van der Waals surface area (Å²) in [4.78, 5) is 36.5. The van der Waals surface area contributed by atoms with Gasteiger partial charge in [-0.05, 0) is 18.2 Å². The Labute approximate surface area is 150 Å². The maximum absolute atomic E-state index is 12.4. The zero-order chi connectivity index (χ0) is 19.0. The second-order valence-corrected chi connectivity index (χ2v) is 5.43. The van der Waals surface area contributed by atoms with Crippen LogP contribution in [0.5, 0.6) is 0 Å². The van der Waals surface area contributed by atoms with E-state index >= 15 is 0 Å². The summed E-state index contributed by atoms with van der Waals surface area (Å²) in [6, 6.07) is 17.4. The summed E-state index contributed by atoms with van der Waals surface area (Å²) in [5, 5.41) is 11.7.